The molecule has 0 heterocycles. The normalized spacial score (nSPS) is 3.00. The summed E-state index contributed by atoms with van der Waals surface area (Å²) in [6.07, 6.45) is 2.81. The zero-order chi connectivity index (χ0) is 4.12. The molecule has 4 heteroatoms. The Kier molecular flexibility index (Phi) is 13.3. The van der Waals surface area contributed by atoms with E-state index in [0.29, 0.717) is 0 Å². The predicted octanol–water partition coefficient (Wildman–Crippen LogP) is -0.464. The molecule has 0 aliphatic carbocycles. The van der Waals surface area contributed by atoms with Gasteiger partial charge in [-0.25, -0.2) is 5.32 Å². The molecule has 0 atom stereocenters. The first-order valence-electron chi connectivity index (χ1n) is 0.947. The second-order valence-corrected chi connectivity index (χ2v) is 0.349. The van der Waals surface area contributed by atoms with Crippen LogP contribution >= 0.6 is 0 Å². The van der Waals surface area contributed by atoms with Crippen molar-refractivity contribution in [3.8, 4) is 12.4 Å². The molecule has 0 aromatic heterocycles. The maximum Gasteiger partial charge on any atom is 0.190 e. The topological polar surface area (TPSA) is 59.6 Å². The van der Waals surface area contributed by atoms with Crippen LogP contribution in [0.4, 0.5) is 0 Å². The Bertz CT molecular complexity index is 73.9. The standard InChI is InChI=1S/C2HN3.Ni/c3-1-5-2-4;/h5H;. The fourth-order valence-electron chi connectivity index (χ4n) is 0.0250. The van der Waals surface area contributed by atoms with Crippen LogP contribution in [0, 0.1) is 22.9 Å². The molecule has 0 saturated heterocycles. The molecule has 0 bridgehead atoms. The van der Waals surface area contributed by atoms with E-state index in [9.17, 15) is 0 Å². The van der Waals surface area contributed by atoms with Gasteiger partial charge in [-0.2, -0.15) is 10.5 Å². The van der Waals surface area contributed by atoms with Crippen molar-refractivity contribution in [3.63, 3.8) is 0 Å². The Morgan fingerprint density at radius 3 is 1.50 bits per heavy atom. The van der Waals surface area contributed by atoms with Crippen molar-refractivity contribution in [1.82, 2.24) is 5.32 Å². The molecule has 0 saturated carbocycles. The Hall–Kier alpha value is -0.726. The predicted molar refractivity (Wildman–Crippen MR) is 14.4 cm³/mol. The molecule has 0 amide bonds. The van der Waals surface area contributed by atoms with Crippen molar-refractivity contribution in [2.75, 3.05) is 0 Å². The maximum absolute atomic E-state index is 7.48. The van der Waals surface area contributed by atoms with E-state index in [4.69, 9.17) is 10.5 Å². The number of nitrogens with zero attached hydrogens (tertiary/aromatic N) is 2. The van der Waals surface area contributed by atoms with Crippen LogP contribution in [-0.4, -0.2) is 0 Å². The van der Waals surface area contributed by atoms with Gasteiger partial charge in [-0.3, -0.25) is 0 Å². The van der Waals surface area contributed by atoms with Crippen molar-refractivity contribution in [2.45, 2.75) is 0 Å². The van der Waals surface area contributed by atoms with Gasteiger partial charge in [0.2, 0.25) is 0 Å². The van der Waals surface area contributed by atoms with Crippen molar-refractivity contribution >= 4 is 0 Å². The average Bonchev–Trinajstić information content (AvgIpc) is 1.41. The van der Waals surface area contributed by atoms with E-state index in [1.807, 2.05) is 0 Å². The van der Waals surface area contributed by atoms with E-state index in [2.05, 4.69) is 0 Å². The summed E-state index contributed by atoms with van der Waals surface area (Å²) in [5.41, 5.74) is 0. The molecule has 0 rings (SSSR count). The van der Waals surface area contributed by atoms with Gasteiger partial charge < -0.3 is 0 Å². The van der Waals surface area contributed by atoms with Crippen LogP contribution in [0.3, 0.4) is 0 Å². The molecular formula is C2HN3Ni. The Morgan fingerprint density at radius 2 is 1.50 bits per heavy atom. The van der Waals surface area contributed by atoms with Gasteiger partial charge in [0, 0.05) is 16.5 Å². The largest absolute Gasteiger partial charge is 0.229 e. The number of rotatable bonds is 0. The zero-order valence-electron chi connectivity index (χ0n) is 2.71. The van der Waals surface area contributed by atoms with E-state index in [-0.39, 0.29) is 16.5 Å². The fraction of sp³-hybridized carbons (Fsp3) is 0. The summed E-state index contributed by atoms with van der Waals surface area (Å²) in [7, 11) is 0. The molecule has 1 N–H and O–H groups in total. The molecule has 0 aromatic rings. The van der Waals surface area contributed by atoms with Gasteiger partial charge in [0.1, 0.15) is 0 Å². The first-order chi connectivity index (χ1) is 2.41. The summed E-state index contributed by atoms with van der Waals surface area (Å²) in [5.74, 6) is 0. The molecule has 6 heavy (non-hydrogen) atoms. The zero-order valence-corrected chi connectivity index (χ0v) is 3.70. The quantitative estimate of drug-likeness (QED) is 0.271. The Morgan fingerprint density at radius 1 is 1.17 bits per heavy atom. The van der Waals surface area contributed by atoms with Gasteiger partial charge in [0.05, 0.1) is 0 Å². The average molecular weight is 126 g/mol. The smallest absolute Gasteiger partial charge is 0.190 e. The third-order valence-electron chi connectivity index (χ3n) is 0.112. The van der Waals surface area contributed by atoms with Crippen LogP contribution in [0.1, 0.15) is 0 Å². The monoisotopic (exact) mass is 125 g/mol. The third-order valence-corrected chi connectivity index (χ3v) is 0.112. The molecule has 34 valence electrons. The number of hydrogen-bond acceptors (Lipinski definition) is 3. The molecule has 0 spiro atoms. The van der Waals surface area contributed by atoms with Gasteiger partial charge in [-0.05, 0) is 0 Å². The molecule has 0 fully saturated rings. The maximum atomic E-state index is 7.48. The molecule has 0 unspecified atom stereocenters. The molecule has 0 radical (unpaired) electrons. The minimum Gasteiger partial charge on any atom is -0.229 e. The number of nitriles is 2. The Balaban J connectivity index is 0. The molecule has 0 aromatic carbocycles. The second-order valence-electron chi connectivity index (χ2n) is 0.349. The SMILES string of the molecule is N#CNC#N.[Ni]. The van der Waals surface area contributed by atoms with Gasteiger partial charge in [-0.15, -0.1) is 0 Å². The van der Waals surface area contributed by atoms with Crippen molar-refractivity contribution in [3.05, 3.63) is 0 Å². The van der Waals surface area contributed by atoms with Gasteiger partial charge in [0.25, 0.3) is 0 Å². The molecule has 0 aliphatic rings. The first-order valence-corrected chi connectivity index (χ1v) is 0.947. The molecular weight excluding hydrogens is 125 g/mol. The fourth-order valence-corrected chi connectivity index (χ4v) is 0.0250. The summed E-state index contributed by atoms with van der Waals surface area (Å²) < 4.78 is 0. The van der Waals surface area contributed by atoms with E-state index in [1.54, 1.807) is 5.32 Å². The van der Waals surface area contributed by atoms with Crippen LogP contribution in [0.15, 0.2) is 0 Å². The third kappa shape index (κ3) is 10.4. The van der Waals surface area contributed by atoms with Crippen LogP contribution in [-0.2, 0) is 16.5 Å². The van der Waals surface area contributed by atoms with Gasteiger partial charge in [0.15, 0.2) is 12.4 Å². The van der Waals surface area contributed by atoms with Crippen molar-refractivity contribution in [2.24, 2.45) is 0 Å². The van der Waals surface area contributed by atoms with E-state index >= 15 is 0 Å². The number of hydrogen-bond donors (Lipinski definition) is 1. The van der Waals surface area contributed by atoms with E-state index in [1.165, 1.54) is 12.4 Å². The summed E-state index contributed by atoms with van der Waals surface area (Å²) in [5, 5.41) is 16.7. The minimum atomic E-state index is 0. The van der Waals surface area contributed by atoms with Crippen LogP contribution in [0.25, 0.3) is 0 Å². The summed E-state index contributed by atoms with van der Waals surface area (Å²) in [6.45, 7) is 0. The Labute approximate surface area is 45.5 Å². The van der Waals surface area contributed by atoms with Gasteiger partial charge >= 0.3 is 0 Å². The minimum absolute atomic E-state index is 0. The van der Waals surface area contributed by atoms with Crippen LogP contribution in [0.5, 0.6) is 0 Å². The summed E-state index contributed by atoms with van der Waals surface area (Å²) in [6, 6.07) is 0. The van der Waals surface area contributed by atoms with Gasteiger partial charge in [-0.1, -0.05) is 0 Å². The summed E-state index contributed by atoms with van der Waals surface area (Å²) in [4.78, 5) is 0. The van der Waals surface area contributed by atoms with Crippen molar-refractivity contribution < 1.29 is 16.5 Å². The van der Waals surface area contributed by atoms with Crippen molar-refractivity contribution in [1.29, 1.82) is 10.5 Å². The number of nitrogens with one attached hydrogen (secondary N) is 1. The van der Waals surface area contributed by atoms with E-state index in [0.717, 1.165) is 0 Å². The molecule has 3 nitrogen and oxygen atoms in total. The summed E-state index contributed by atoms with van der Waals surface area (Å²) >= 11 is 0. The van der Waals surface area contributed by atoms with Crippen LogP contribution < -0.4 is 5.32 Å². The van der Waals surface area contributed by atoms with Crippen LogP contribution in [0.2, 0.25) is 0 Å². The second kappa shape index (κ2) is 8.86. The van der Waals surface area contributed by atoms with E-state index < -0.39 is 0 Å². The molecule has 0 aliphatic heterocycles. The first kappa shape index (κ1) is 8.99.